The van der Waals surface area contributed by atoms with Crippen LogP contribution in [-0.2, 0) is 4.79 Å². The van der Waals surface area contributed by atoms with Gasteiger partial charge in [-0.1, -0.05) is 12.1 Å². The summed E-state index contributed by atoms with van der Waals surface area (Å²) in [5.74, 6) is -0.298. The normalized spacial score (nSPS) is 14.1. The number of carbonyl (C=O) groups excluding carboxylic acids is 2. The van der Waals surface area contributed by atoms with Gasteiger partial charge in [-0.15, -0.1) is 0 Å². The van der Waals surface area contributed by atoms with Crippen LogP contribution in [0.15, 0.2) is 24.3 Å². The summed E-state index contributed by atoms with van der Waals surface area (Å²) in [6, 6.07) is 6.99. The smallest absolute Gasteiger partial charge is 0.260 e. The molecule has 96 valence electrons. The van der Waals surface area contributed by atoms with E-state index in [1.165, 1.54) is 0 Å². The maximum atomic E-state index is 11.8. The van der Waals surface area contributed by atoms with Gasteiger partial charge in [0.05, 0.1) is 5.56 Å². The molecule has 1 aliphatic carbocycles. The average Bonchev–Trinajstić information content (AvgIpc) is 3.19. The summed E-state index contributed by atoms with van der Waals surface area (Å²) in [4.78, 5) is 24.6. The van der Waals surface area contributed by atoms with Gasteiger partial charge in [0.25, 0.3) is 11.8 Å². The Morgan fingerprint density at radius 2 is 2.06 bits per heavy atom. The molecular weight excluding hydrogens is 232 g/mol. The van der Waals surface area contributed by atoms with Gasteiger partial charge in [-0.2, -0.15) is 0 Å². The van der Waals surface area contributed by atoms with Crippen LogP contribution in [0.2, 0.25) is 0 Å². The highest BCUT2D eigenvalue weighted by Gasteiger charge is 2.29. The van der Waals surface area contributed by atoms with Crippen LogP contribution in [0.3, 0.4) is 0 Å². The number of benzene rings is 1. The molecular formula is C13H16N2O3. The van der Waals surface area contributed by atoms with E-state index >= 15 is 0 Å². The van der Waals surface area contributed by atoms with Gasteiger partial charge in [0.2, 0.25) is 0 Å². The molecule has 0 bridgehead atoms. The number of primary amides is 1. The Morgan fingerprint density at radius 3 is 2.67 bits per heavy atom. The van der Waals surface area contributed by atoms with Gasteiger partial charge >= 0.3 is 0 Å². The van der Waals surface area contributed by atoms with Gasteiger partial charge in [-0.3, -0.25) is 9.59 Å². The molecule has 5 nitrogen and oxygen atoms in total. The van der Waals surface area contributed by atoms with Gasteiger partial charge in [0.15, 0.2) is 6.61 Å². The maximum absolute atomic E-state index is 11.8. The van der Waals surface area contributed by atoms with E-state index in [0.717, 1.165) is 12.8 Å². The number of hydrogen-bond acceptors (Lipinski definition) is 3. The predicted octanol–water partition coefficient (Wildman–Crippen LogP) is 0.785. The van der Waals surface area contributed by atoms with Crippen LogP contribution >= 0.6 is 0 Å². The Balaban J connectivity index is 1.97. The van der Waals surface area contributed by atoms with Crippen LogP contribution in [0.1, 0.15) is 23.2 Å². The van der Waals surface area contributed by atoms with E-state index in [2.05, 4.69) is 0 Å². The van der Waals surface area contributed by atoms with Crippen molar-refractivity contribution < 1.29 is 14.3 Å². The summed E-state index contributed by atoms with van der Waals surface area (Å²) in [5, 5.41) is 0. The first-order valence-corrected chi connectivity index (χ1v) is 5.87. The summed E-state index contributed by atoms with van der Waals surface area (Å²) in [6.07, 6.45) is 2.11. The SMILES string of the molecule is CN(C(=O)COc1ccccc1C(N)=O)C1CC1. The van der Waals surface area contributed by atoms with Crippen molar-refractivity contribution in [3.63, 3.8) is 0 Å². The molecule has 1 aromatic rings. The number of amides is 2. The molecule has 0 saturated heterocycles. The van der Waals surface area contributed by atoms with E-state index in [1.807, 2.05) is 0 Å². The third-order valence-electron chi connectivity index (χ3n) is 2.99. The Hall–Kier alpha value is -2.04. The minimum atomic E-state index is -0.561. The summed E-state index contributed by atoms with van der Waals surface area (Å²) in [7, 11) is 1.77. The predicted molar refractivity (Wildman–Crippen MR) is 66.2 cm³/mol. The molecule has 0 unspecified atom stereocenters. The fourth-order valence-electron chi connectivity index (χ4n) is 1.70. The summed E-state index contributed by atoms with van der Waals surface area (Å²) >= 11 is 0. The Kier molecular flexibility index (Phi) is 3.50. The first-order valence-electron chi connectivity index (χ1n) is 5.87. The molecule has 1 aliphatic rings. The van der Waals surface area contributed by atoms with Crippen LogP contribution in [0, 0.1) is 0 Å². The standard InChI is InChI=1S/C13H16N2O3/c1-15(9-6-7-9)12(16)8-18-11-5-3-2-4-10(11)13(14)17/h2-5,9H,6-8H2,1H3,(H2,14,17). The van der Waals surface area contributed by atoms with Crippen molar-refractivity contribution in [3.05, 3.63) is 29.8 Å². The average molecular weight is 248 g/mol. The van der Waals surface area contributed by atoms with E-state index in [4.69, 9.17) is 10.5 Å². The lowest BCUT2D eigenvalue weighted by Crippen LogP contribution is -2.33. The highest BCUT2D eigenvalue weighted by Crippen LogP contribution is 2.25. The molecule has 0 aromatic heterocycles. The van der Waals surface area contributed by atoms with Crippen molar-refractivity contribution in [3.8, 4) is 5.75 Å². The van der Waals surface area contributed by atoms with Crippen molar-refractivity contribution in [2.24, 2.45) is 5.73 Å². The Labute approximate surface area is 106 Å². The van der Waals surface area contributed by atoms with E-state index in [1.54, 1.807) is 36.2 Å². The Morgan fingerprint density at radius 1 is 1.39 bits per heavy atom. The van der Waals surface area contributed by atoms with Crippen molar-refractivity contribution in [2.45, 2.75) is 18.9 Å². The molecule has 0 radical (unpaired) electrons. The monoisotopic (exact) mass is 248 g/mol. The molecule has 1 aromatic carbocycles. The van der Waals surface area contributed by atoms with E-state index in [-0.39, 0.29) is 12.5 Å². The maximum Gasteiger partial charge on any atom is 0.260 e. The second-order valence-corrected chi connectivity index (χ2v) is 4.38. The third kappa shape index (κ3) is 2.80. The van der Waals surface area contributed by atoms with E-state index < -0.39 is 5.91 Å². The number of nitrogens with two attached hydrogens (primary N) is 1. The van der Waals surface area contributed by atoms with Gasteiger partial charge < -0.3 is 15.4 Å². The number of likely N-dealkylation sites (N-methyl/N-ethyl adjacent to an activating group) is 1. The van der Waals surface area contributed by atoms with Crippen molar-refractivity contribution in [1.29, 1.82) is 0 Å². The van der Waals surface area contributed by atoms with Gasteiger partial charge in [0.1, 0.15) is 5.75 Å². The van der Waals surface area contributed by atoms with Gasteiger partial charge in [-0.25, -0.2) is 0 Å². The number of carbonyl (C=O) groups is 2. The molecule has 1 fully saturated rings. The molecule has 0 aliphatic heterocycles. The van der Waals surface area contributed by atoms with Gasteiger partial charge in [0, 0.05) is 13.1 Å². The first kappa shape index (κ1) is 12.4. The molecule has 2 amide bonds. The molecule has 2 rings (SSSR count). The second-order valence-electron chi connectivity index (χ2n) is 4.38. The minimum Gasteiger partial charge on any atom is -0.483 e. The highest BCUT2D eigenvalue weighted by atomic mass is 16.5. The zero-order valence-corrected chi connectivity index (χ0v) is 10.3. The third-order valence-corrected chi connectivity index (χ3v) is 2.99. The first-order chi connectivity index (χ1) is 8.59. The molecule has 0 heterocycles. The number of para-hydroxylation sites is 1. The number of hydrogen-bond donors (Lipinski definition) is 1. The second kappa shape index (κ2) is 5.08. The lowest BCUT2D eigenvalue weighted by Gasteiger charge is -2.17. The van der Waals surface area contributed by atoms with Crippen molar-refractivity contribution in [1.82, 2.24) is 4.90 Å². The molecule has 2 N–H and O–H groups in total. The lowest BCUT2D eigenvalue weighted by atomic mass is 10.2. The van der Waals surface area contributed by atoms with Crippen molar-refractivity contribution in [2.75, 3.05) is 13.7 Å². The number of rotatable bonds is 5. The molecule has 0 spiro atoms. The van der Waals surface area contributed by atoms with Crippen molar-refractivity contribution >= 4 is 11.8 Å². The summed E-state index contributed by atoms with van der Waals surface area (Å²) < 4.78 is 5.37. The highest BCUT2D eigenvalue weighted by molar-refractivity contribution is 5.95. The molecule has 1 saturated carbocycles. The summed E-state index contributed by atoms with van der Waals surface area (Å²) in [6.45, 7) is -0.0721. The lowest BCUT2D eigenvalue weighted by molar-refractivity contribution is -0.132. The zero-order chi connectivity index (χ0) is 13.1. The molecule has 0 atom stereocenters. The van der Waals surface area contributed by atoms with Crippen LogP contribution in [0.4, 0.5) is 0 Å². The number of ether oxygens (including phenoxy) is 1. The van der Waals surface area contributed by atoms with E-state index in [0.29, 0.717) is 17.4 Å². The van der Waals surface area contributed by atoms with E-state index in [9.17, 15) is 9.59 Å². The van der Waals surface area contributed by atoms with Crippen LogP contribution in [0.5, 0.6) is 5.75 Å². The topological polar surface area (TPSA) is 72.6 Å². The summed E-state index contributed by atoms with van der Waals surface area (Å²) in [5.41, 5.74) is 5.52. The quantitative estimate of drug-likeness (QED) is 0.837. The fraction of sp³-hybridized carbons (Fsp3) is 0.385. The minimum absolute atomic E-state index is 0.0721. The molecule has 5 heteroatoms. The molecule has 18 heavy (non-hydrogen) atoms. The van der Waals surface area contributed by atoms with Crippen LogP contribution in [-0.4, -0.2) is 36.4 Å². The van der Waals surface area contributed by atoms with Gasteiger partial charge in [-0.05, 0) is 25.0 Å². The van der Waals surface area contributed by atoms with Crippen LogP contribution in [0.25, 0.3) is 0 Å². The number of nitrogens with zero attached hydrogens (tertiary/aromatic N) is 1. The Bertz CT molecular complexity index is 469. The largest absolute Gasteiger partial charge is 0.483 e. The van der Waals surface area contributed by atoms with Crippen LogP contribution < -0.4 is 10.5 Å². The fourth-order valence-corrected chi connectivity index (χ4v) is 1.70. The zero-order valence-electron chi connectivity index (χ0n) is 10.3.